The summed E-state index contributed by atoms with van der Waals surface area (Å²) >= 11 is 0. The van der Waals surface area contributed by atoms with E-state index in [4.69, 9.17) is 15.0 Å². The molecule has 14 heteroatoms. The second-order valence-electron chi connectivity index (χ2n) is 24.8. The summed E-state index contributed by atoms with van der Waals surface area (Å²) in [5.74, 6) is 2.15. The van der Waals surface area contributed by atoms with Gasteiger partial charge in [0.1, 0.15) is 0 Å². The molecule has 0 aromatic carbocycles. The largest absolute Gasteiger partial charge is 0.351 e. The Hall–Kier alpha value is -2.81. The molecule has 14 nitrogen and oxygen atoms in total. The summed E-state index contributed by atoms with van der Waals surface area (Å²) in [5.41, 5.74) is -2.33. The van der Waals surface area contributed by atoms with Crippen molar-refractivity contribution in [3.05, 3.63) is 0 Å². The van der Waals surface area contributed by atoms with Gasteiger partial charge in [0.15, 0.2) is 0 Å². The molecule has 5 fully saturated rings. The molecule has 61 heavy (non-hydrogen) atoms. The first kappa shape index (κ1) is 47.7. The highest BCUT2D eigenvalue weighted by Gasteiger charge is 2.47. The number of hydrogen-bond acceptors (Lipinski definition) is 12. The monoisotopic (exact) mass is 851 g/mol. The second kappa shape index (κ2) is 16.6. The number of rotatable bonds is 12. The maximum Gasteiger partial charge on any atom is 0.242 e. The quantitative estimate of drug-likeness (QED) is 0.173. The Morgan fingerprint density at radius 3 is 1.25 bits per heavy atom. The average molecular weight is 851 g/mol. The van der Waals surface area contributed by atoms with Crippen LogP contribution in [0, 0.1) is 0 Å². The molecule has 5 N–H and O–H groups in total. The lowest BCUT2D eigenvalue weighted by Gasteiger charge is -2.51. The number of carbonyl (C=O) groups excluding carboxylic acids is 2. The minimum Gasteiger partial charge on any atom is -0.351 e. The van der Waals surface area contributed by atoms with E-state index in [9.17, 15) is 9.59 Å². The molecule has 0 unspecified atom stereocenters. The molecular weight excluding hydrogens is 765 g/mol. The van der Waals surface area contributed by atoms with Crippen LogP contribution >= 0.6 is 0 Å². The summed E-state index contributed by atoms with van der Waals surface area (Å²) in [4.78, 5) is 53.2. The number of anilines is 3. The third-order valence-corrected chi connectivity index (χ3v) is 13.6. The molecule has 6 rings (SSSR count). The Morgan fingerprint density at radius 2 is 0.885 bits per heavy atom. The third kappa shape index (κ3) is 11.9. The standard InChI is InChI=1S/C47H86N12O2/c1-40(2)26-33(27-41(3,4)52-40)58(24-22-56-30-44(9,10)54-46(13,14)35(56)60)38-49-37(48-32-20-18-17-19-21-32)50-39(51-38)59(34-28-42(5,6)53-43(7,8)29-34)25-23-57-31-45(11,12)55-47(15,16)36(57)61/h32-34,52-55H,17-31H2,1-16H3,(H,48,49,50,51). The molecule has 0 atom stereocenters. The van der Waals surface area contributed by atoms with Crippen LogP contribution in [-0.2, 0) is 9.59 Å². The Balaban J connectivity index is 1.46. The Morgan fingerprint density at radius 1 is 0.525 bits per heavy atom. The van der Waals surface area contributed by atoms with Gasteiger partial charge in [-0.1, -0.05) is 19.3 Å². The zero-order valence-corrected chi connectivity index (χ0v) is 41.3. The molecule has 1 saturated carbocycles. The van der Waals surface area contributed by atoms with E-state index in [1.807, 2.05) is 37.5 Å². The van der Waals surface area contributed by atoms with Crippen molar-refractivity contribution in [2.45, 2.75) is 231 Å². The van der Waals surface area contributed by atoms with Crippen LogP contribution < -0.4 is 36.4 Å². The zero-order valence-electron chi connectivity index (χ0n) is 41.3. The molecule has 0 spiro atoms. The first-order chi connectivity index (χ1) is 27.8. The van der Waals surface area contributed by atoms with Gasteiger partial charge in [-0.25, -0.2) is 0 Å². The van der Waals surface area contributed by atoms with E-state index in [0.717, 1.165) is 38.5 Å². The fourth-order valence-electron chi connectivity index (χ4n) is 12.6. The number of nitrogens with zero attached hydrogens (tertiary/aromatic N) is 7. The van der Waals surface area contributed by atoms with Crippen LogP contribution in [0.2, 0.25) is 0 Å². The van der Waals surface area contributed by atoms with Gasteiger partial charge in [0.2, 0.25) is 29.7 Å². The normalized spacial score (nSPS) is 27.1. The lowest BCUT2D eigenvalue weighted by molar-refractivity contribution is -0.143. The first-order valence-electron chi connectivity index (χ1n) is 23.7. The smallest absolute Gasteiger partial charge is 0.242 e. The number of carbonyl (C=O) groups is 2. The predicted molar refractivity (Wildman–Crippen MR) is 249 cm³/mol. The predicted octanol–water partition coefficient (Wildman–Crippen LogP) is 5.83. The number of aromatic nitrogens is 3. The Kier molecular flexibility index (Phi) is 13.0. The maximum absolute atomic E-state index is 14.0. The molecule has 2 amide bonds. The van der Waals surface area contributed by atoms with Crippen molar-refractivity contribution in [3.63, 3.8) is 0 Å². The summed E-state index contributed by atoms with van der Waals surface area (Å²) < 4.78 is 0. The maximum atomic E-state index is 14.0. The van der Waals surface area contributed by atoms with Gasteiger partial charge in [0, 0.05) is 90.6 Å². The van der Waals surface area contributed by atoms with Crippen molar-refractivity contribution in [1.82, 2.24) is 46.0 Å². The highest BCUT2D eigenvalue weighted by molar-refractivity contribution is 5.87. The van der Waals surface area contributed by atoms with Crippen LogP contribution in [0.25, 0.3) is 0 Å². The molecule has 0 radical (unpaired) electrons. The molecule has 346 valence electrons. The van der Waals surface area contributed by atoms with E-state index in [1.165, 1.54) is 19.3 Å². The number of amides is 2. The van der Waals surface area contributed by atoms with Gasteiger partial charge in [0.05, 0.1) is 11.1 Å². The summed E-state index contributed by atoms with van der Waals surface area (Å²) in [6.45, 7) is 38.6. The highest BCUT2D eigenvalue weighted by atomic mass is 16.2. The lowest BCUT2D eigenvalue weighted by atomic mass is 9.79. The van der Waals surface area contributed by atoms with Gasteiger partial charge in [0.25, 0.3) is 0 Å². The molecular formula is C47H86N12O2. The molecule has 5 aliphatic rings. The van der Waals surface area contributed by atoms with E-state index in [2.05, 4.69) is 119 Å². The third-order valence-electron chi connectivity index (χ3n) is 13.6. The van der Waals surface area contributed by atoms with Gasteiger partial charge < -0.3 is 35.6 Å². The topological polar surface area (TPSA) is 146 Å². The van der Waals surface area contributed by atoms with Crippen LogP contribution in [0.3, 0.4) is 0 Å². The van der Waals surface area contributed by atoms with Crippen LogP contribution in [0.4, 0.5) is 17.8 Å². The van der Waals surface area contributed by atoms with Crippen LogP contribution in [0.1, 0.15) is 169 Å². The van der Waals surface area contributed by atoms with E-state index >= 15 is 0 Å². The first-order valence-corrected chi connectivity index (χ1v) is 23.7. The van der Waals surface area contributed by atoms with Crippen molar-refractivity contribution >= 4 is 29.7 Å². The average Bonchev–Trinajstić information content (AvgIpc) is 3.06. The minimum absolute atomic E-state index is 0.108. The number of piperidine rings is 2. The highest BCUT2D eigenvalue weighted by Crippen LogP contribution is 2.37. The van der Waals surface area contributed by atoms with Crippen molar-refractivity contribution in [3.8, 4) is 0 Å². The Bertz CT molecular complexity index is 1600. The van der Waals surface area contributed by atoms with Crippen molar-refractivity contribution in [2.75, 3.05) is 54.4 Å². The Labute approximate surface area is 369 Å². The van der Waals surface area contributed by atoms with Gasteiger partial charge in [-0.05, 0) is 149 Å². The van der Waals surface area contributed by atoms with Crippen LogP contribution in [0.5, 0.6) is 0 Å². The van der Waals surface area contributed by atoms with Crippen molar-refractivity contribution in [1.29, 1.82) is 0 Å². The van der Waals surface area contributed by atoms with E-state index in [-0.39, 0.29) is 63.2 Å². The summed E-state index contributed by atoms with van der Waals surface area (Å²) in [5, 5.41) is 18.8. The molecule has 4 aliphatic heterocycles. The minimum atomic E-state index is -0.671. The van der Waals surface area contributed by atoms with E-state index in [0.29, 0.717) is 57.1 Å². The van der Waals surface area contributed by atoms with Crippen molar-refractivity contribution < 1.29 is 9.59 Å². The zero-order chi connectivity index (χ0) is 45.2. The number of nitrogens with one attached hydrogen (secondary N) is 5. The van der Waals surface area contributed by atoms with Crippen LogP contribution in [0.15, 0.2) is 0 Å². The number of piperazine rings is 2. The summed E-state index contributed by atoms with van der Waals surface area (Å²) in [6, 6.07) is 0.505. The summed E-state index contributed by atoms with van der Waals surface area (Å²) in [6.07, 6.45) is 9.39. The van der Waals surface area contributed by atoms with Crippen LogP contribution in [-0.4, -0.2) is 138 Å². The number of hydrogen-bond donors (Lipinski definition) is 5. The second-order valence-corrected chi connectivity index (χ2v) is 24.8. The van der Waals surface area contributed by atoms with Gasteiger partial charge in [-0.3, -0.25) is 20.2 Å². The molecule has 4 saturated heterocycles. The fraction of sp³-hybridized carbons (Fsp3) is 0.894. The molecule has 1 aromatic rings. The van der Waals surface area contributed by atoms with Crippen molar-refractivity contribution in [2.24, 2.45) is 0 Å². The lowest BCUT2D eigenvalue weighted by Crippen LogP contribution is -2.70. The molecule has 1 aliphatic carbocycles. The SMILES string of the molecule is CC1(C)CC(N(CCN2CC(C)(C)NC(C)(C)C2=O)c2nc(NC3CCCCC3)nc(N(CCN3CC(C)(C)NC(C)(C)C3=O)C3CC(C)(C)NC(C)(C)C3)n2)CC(C)(C)N1. The van der Waals surface area contributed by atoms with E-state index < -0.39 is 11.1 Å². The van der Waals surface area contributed by atoms with Gasteiger partial charge >= 0.3 is 0 Å². The van der Waals surface area contributed by atoms with Gasteiger partial charge in [-0.2, -0.15) is 15.0 Å². The molecule has 0 bridgehead atoms. The fourth-order valence-corrected chi connectivity index (χ4v) is 12.6. The van der Waals surface area contributed by atoms with Gasteiger partial charge in [-0.15, -0.1) is 0 Å². The molecule has 5 heterocycles. The van der Waals surface area contributed by atoms with E-state index in [1.54, 1.807) is 0 Å². The molecule has 1 aromatic heterocycles. The summed E-state index contributed by atoms with van der Waals surface area (Å²) in [7, 11) is 0.